The smallest absolute Gasteiger partial charge is 0.106 e. The molecule has 3 N–H and O–H groups in total. The Morgan fingerprint density at radius 2 is 1.90 bits per heavy atom. The molecule has 0 aliphatic heterocycles. The molecule has 2 rings (SSSR count). The molecule has 0 saturated carbocycles. The second kappa shape index (κ2) is 6.53. The summed E-state index contributed by atoms with van der Waals surface area (Å²) in [5.41, 5.74) is 10.2. The Labute approximate surface area is 126 Å². The minimum atomic E-state index is 0.313. The van der Waals surface area contributed by atoms with E-state index >= 15 is 0 Å². The van der Waals surface area contributed by atoms with Crippen molar-refractivity contribution in [2.24, 2.45) is 5.73 Å². The zero-order valence-electron chi connectivity index (χ0n) is 11.9. The van der Waals surface area contributed by atoms with Gasteiger partial charge in [-0.05, 0) is 38.0 Å². The van der Waals surface area contributed by atoms with E-state index in [9.17, 15) is 0 Å². The molecule has 1 atom stereocenters. The predicted octanol–water partition coefficient (Wildman–Crippen LogP) is 3.67. The lowest BCUT2D eigenvalue weighted by molar-refractivity contribution is 0.790. The molecule has 0 radical (unpaired) electrons. The van der Waals surface area contributed by atoms with Crippen LogP contribution >= 0.6 is 12.2 Å². The summed E-state index contributed by atoms with van der Waals surface area (Å²) in [7, 11) is 0. The van der Waals surface area contributed by atoms with Gasteiger partial charge >= 0.3 is 0 Å². The van der Waals surface area contributed by atoms with E-state index in [2.05, 4.69) is 42.6 Å². The van der Waals surface area contributed by atoms with Crippen LogP contribution in [0.3, 0.4) is 0 Å². The number of nitrogens with one attached hydrogen (secondary N) is 1. The number of rotatable bonds is 5. The SMILES string of the molecule is Cc1ccc(NC(C)Cc2ccccc2)c(C(N)=S)c1. The topological polar surface area (TPSA) is 38.0 Å². The third-order valence-corrected chi connectivity index (χ3v) is 3.45. The number of benzene rings is 2. The van der Waals surface area contributed by atoms with Gasteiger partial charge in [0.2, 0.25) is 0 Å². The van der Waals surface area contributed by atoms with E-state index in [4.69, 9.17) is 18.0 Å². The van der Waals surface area contributed by atoms with Crippen molar-refractivity contribution in [3.63, 3.8) is 0 Å². The van der Waals surface area contributed by atoms with Crippen LogP contribution in [0.1, 0.15) is 23.6 Å². The van der Waals surface area contributed by atoms with Crippen LogP contribution in [0, 0.1) is 6.92 Å². The van der Waals surface area contributed by atoms with E-state index in [1.807, 2.05) is 25.1 Å². The molecule has 0 heterocycles. The maximum atomic E-state index is 5.80. The highest BCUT2D eigenvalue weighted by Gasteiger charge is 2.09. The van der Waals surface area contributed by atoms with Crippen LogP contribution in [0.5, 0.6) is 0 Å². The Morgan fingerprint density at radius 1 is 1.20 bits per heavy atom. The first-order valence-corrected chi connectivity index (χ1v) is 7.18. The number of hydrogen-bond donors (Lipinski definition) is 2. The molecule has 0 aromatic heterocycles. The van der Waals surface area contributed by atoms with Crippen LogP contribution in [0.15, 0.2) is 48.5 Å². The first kappa shape index (κ1) is 14.5. The van der Waals surface area contributed by atoms with Gasteiger partial charge in [-0.15, -0.1) is 0 Å². The van der Waals surface area contributed by atoms with Crippen molar-refractivity contribution in [2.75, 3.05) is 5.32 Å². The molecular weight excluding hydrogens is 264 g/mol. The molecule has 2 aromatic rings. The quantitative estimate of drug-likeness (QED) is 0.823. The zero-order valence-corrected chi connectivity index (χ0v) is 12.7. The second-order valence-corrected chi connectivity index (χ2v) is 5.59. The standard InChI is InChI=1S/C17H20N2S/c1-12-8-9-16(15(10-12)17(18)20)19-13(2)11-14-6-4-3-5-7-14/h3-10,13,19H,11H2,1-2H3,(H2,18,20). The third kappa shape index (κ3) is 3.81. The lowest BCUT2D eigenvalue weighted by Crippen LogP contribution is -2.21. The van der Waals surface area contributed by atoms with E-state index in [1.54, 1.807) is 0 Å². The van der Waals surface area contributed by atoms with E-state index in [-0.39, 0.29) is 0 Å². The summed E-state index contributed by atoms with van der Waals surface area (Å²) < 4.78 is 0. The number of aryl methyl sites for hydroxylation is 1. The van der Waals surface area contributed by atoms with Crippen LogP contribution in [-0.2, 0) is 6.42 Å². The molecule has 0 aliphatic rings. The van der Waals surface area contributed by atoms with E-state index in [0.717, 1.165) is 23.2 Å². The van der Waals surface area contributed by atoms with Crippen molar-refractivity contribution >= 4 is 22.9 Å². The molecule has 0 saturated heterocycles. The highest BCUT2D eigenvalue weighted by atomic mass is 32.1. The fourth-order valence-electron chi connectivity index (χ4n) is 2.27. The Balaban J connectivity index is 2.11. The molecule has 2 nitrogen and oxygen atoms in total. The molecule has 3 heteroatoms. The van der Waals surface area contributed by atoms with Crippen molar-refractivity contribution in [1.82, 2.24) is 0 Å². The maximum Gasteiger partial charge on any atom is 0.106 e. The molecule has 0 spiro atoms. The van der Waals surface area contributed by atoms with Crippen molar-refractivity contribution in [3.05, 3.63) is 65.2 Å². The van der Waals surface area contributed by atoms with E-state index < -0.39 is 0 Å². The number of thiocarbonyl (C=S) groups is 1. The summed E-state index contributed by atoms with van der Waals surface area (Å²) in [6.45, 7) is 4.20. The highest BCUT2D eigenvalue weighted by Crippen LogP contribution is 2.19. The van der Waals surface area contributed by atoms with E-state index in [1.165, 1.54) is 5.56 Å². The lowest BCUT2D eigenvalue weighted by Gasteiger charge is -2.18. The Kier molecular flexibility index (Phi) is 4.74. The van der Waals surface area contributed by atoms with Crippen molar-refractivity contribution in [2.45, 2.75) is 26.3 Å². The van der Waals surface area contributed by atoms with Gasteiger partial charge in [0.1, 0.15) is 4.99 Å². The molecule has 20 heavy (non-hydrogen) atoms. The molecule has 1 unspecified atom stereocenters. The monoisotopic (exact) mass is 284 g/mol. The Bertz CT molecular complexity index is 593. The fraction of sp³-hybridized carbons (Fsp3) is 0.235. The zero-order chi connectivity index (χ0) is 14.5. The molecular formula is C17H20N2S. The van der Waals surface area contributed by atoms with Crippen molar-refractivity contribution in [3.8, 4) is 0 Å². The van der Waals surface area contributed by atoms with Crippen molar-refractivity contribution < 1.29 is 0 Å². The fourth-order valence-corrected chi connectivity index (χ4v) is 2.44. The van der Waals surface area contributed by atoms with Crippen LogP contribution in [0.4, 0.5) is 5.69 Å². The Morgan fingerprint density at radius 3 is 2.55 bits per heavy atom. The van der Waals surface area contributed by atoms with Gasteiger partial charge in [0, 0.05) is 17.3 Å². The predicted molar refractivity (Wildman–Crippen MR) is 90.3 cm³/mol. The largest absolute Gasteiger partial charge is 0.389 e. The van der Waals surface area contributed by atoms with Crippen LogP contribution in [-0.4, -0.2) is 11.0 Å². The van der Waals surface area contributed by atoms with Crippen LogP contribution in [0.2, 0.25) is 0 Å². The number of nitrogens with two attached hydrogens (primary N) is 1. The molecule has 104 valence electrons. The number of hydrogen-bond acceptors (Lipinski definition) is 2. The maximum absolute atomic E-state index is 5.80. The summed E-state index contributed by atoms with van der Waals surface area (Å²) in [6, 6.07) is 16.9. The van der Waals surface area contributed by atoms with Crippen molar-refractivity contribution in [1.29, 1.82) is 0 Å². The molecule has 0 amide bonds. The van der Waals surface area contributed by atoms with Gasteiger partial charge in [-0.2, -0.15) is 0 Å². The summed E-state index contributed by atoms with van der Waals surface area (Å²) in [4.78, 5) is 0.433. The van der Waals surface area contributed by atoms with Gasteiger partial charge in [-0.1, -0.05) is 54.2 Å². The van der Waals surface area contributed by atoms with Crippen LogP contribution < -0.4 is 11.1 Å². The second-order valence-electron chi connectivity index (χ2n) is 5.15. The van der Waals surface area contributed by atoms with Crippen LogP contribution in [0.25, 0.3) is 0 Å². The first-order chi connectivity index (χ1) is 9.56. The number of anilines is 1. The lowest BCUT2D eigenvalue weighted by atomic mass is 10.1. The van der Waals surface area contributed by atoms with Gasteiger partial charge in [0.15, 0.2) is 0 Å². The molecule has 0 fully saturated rings. The Hall–Kier alpha value is -1.87. The minimum Gasteiger partial charge on any atom is -0.389 e. The van der Waals surface area contributed by atoms with E-state index in [0.29, 0.717) is 11.0 Å². The summed E-state index contributed by atoms with van der Waals surface area (Å²) in [5, 5.41) is 3.50. The summed E-state index contributed by atoms with van der Waals surface area (Å²) in [6.07, 6.45) is 0.964. The van der Waals surface area contributed by atoms with Gasteiger partial charge in [0.05, 0.1) is 0 Å². The molecule has 2 aromatic carbocycles. The molecule has 0 aliphatic carbocycles. The summed E-state index contributed by atoms with van der Waals surface area (Å²) >= 11 is 5.13. The average Bonchev–Trinajstić information content (AvgIpc) is 2.41. The molecule has 0 bridgehead atoms. The third-order valence-electron chi connectivity index (χ3n) is 3.23. The minimum absolute atomic E-state index is 0.313. The normalized spacial score (nSPS) is 11.9. The van der Waals surface area contributed by atoms with Gasteiger partial charge in [0.25, 0.3) is 0 Å². The summed E-state index contributed by atoms with van der Waals surface area (Å²) in [5.74, 6) is 0. The van der Waals surface area contributed by atoms with Gasteiger partial charge in [-0.25, -0.2) is 0 Å². The van der Waals surface area contributed by atoms with Gasteiger partial charge < -0.3 is 11.1 Å². The highest BCUT2D eigenvalue weighted by molar-refractivity contribution is 7.80. The van der Waals surface area contributed by atoms with Gasteiger partial charge in [-0.3, -0.25) is 0 Å². The first-order valence-electron chi connectivity index (χ1n) is 6.77. The average molecular weight is 284 g/mol.